The number of likely N-dealkylation sites (tertiary alicyclic amines) is 1. The topological polar surface area (TPSA) is 54.5 Å². The monoisotopic (exact) mass is 325 g/mol. The molecule has 0 bridgehead atoms. The van der Waals surface area contributed by atoms with Gasteiger partial charge in [-0.25, -0.2) is 0 Å². The van der Waals surface area contributed by atoms with E-state index in [1.54, 1.807) is 6.20 Å². The largest absolute Gasteiger partial charge is 0.487 e. The summed E-state index contributed by atoms with van der Waals surface area (Å²) in [6, 6.07) is 13.5. The number of benzene rings is 1. The fourth-order valence-corrected chi connectivity index (χ4v) is 2.91. The van der Waals surface area contributed by atoms with Crippen molar-refractivity contribution in [2.24, 2.45) is 0 Å². The summed E-state index contributed by atoms with van der Waals surface area (Å²) in [5, 5.41) is 3.26. The quantitative estimate of drug-likeness (QED) is 0.918. The first kappa shape index (κ1) is 16.5. The summed E-state index contributed by atoms with van der Waals surface area (Å²) < 4.78 is 5.71. The van der Waals surface area contributed by atoms with E-state index in [1.807, 2.05) is 54.4 Å². The molecule has 2 aromatic rings. The maximum Gasteiger partial charge on any atom is 0.253 e. The van der Waals surface area contributed by atoms with Crippen molar-refractivity contribution in [1.29, 1.82) is 0 Å². The van der Waals surface area contributed by atoms with Gasteiger partial charge in [-0.2, -0.15) is 0 Å². The average Bonchev–Trinajstić information content (AvgIpc) is 2.67. The summed E-state index contributed by atoms with van der Waals surface area (Å²) in [6.45, 7) is 2.02. The van der Waals surface area contributed by atoms with Crippen LogP contribution in [0.3, 0.4) is 0 Å². The molecular weight excluding hydrogens is 302 g/mol. The maximum absolute atomic E-state index is 12.6. The summed E-state index contributed by atoms with van der Waals surface area (Å²) in [5.74, 6) is 0.829. The summed E-state index contributed by atoms with van der Waals surface area (Å²) in [6.07, 6.45) is 3.92. The molecule has 1 amide bonds. The second-order valence-corrected chi connectivity index (χ2v) is 6.01. The molecular formula is C19H23N3O2. The van der Waals surface area contributed by atoms with E-state index in [0.29, 0.717) is 18.2 Å². The van der Waals surface area contributed by atoms with E-state index >= 15 is 0 Å². The molecule has 126 valence electrons. The van der Waals surface area contributed by atoms with Crippen LogP contribution in [0, 0.1) is 0 Å². The number of rotatable bonds is 5. The van der Waals surface area contributed by atoms with Gasteiger partial charge in [0.25, 0.3) is 5.91 Å². The number of carbonyl (C=O) groups excluding carboxylic acids is 1. The van der Waals surface area contributed by atoms with Gasteiger partial charge in [0, 0.05) is 30.9 Å². The van der Waals surface area contributed by atoms with Crippen LogP contribution in [0.5, 0.6) is 5.75 Å². The average molecular weight is 325 g/mol. The predicted octanol–water partition coefficient (Wildman–Crippen LogP) is 2.48. The lowest BCUT2D eigenvalue weighted by Gasteiger charge is -2.32. The first-order valence-corrected chi connectivity index (χ1v) is 8.35. The molecule has 5 nitrogen and oxygen atoms in total. The molecule has 0 aliphatic carbocycles. The number of amides is 1. The van der Waals surface area contributed by atoms with Gasteiger partial charge in [-0.3, -0.25) is 9.78 Å². The van der Waals surface area contributed by atoms with Gasteiger partial charge in [-0.05, 0) is 56.3 Å². The molecule has 1 aromatic heterocycles. The third kappa shape index (κ3) is 4.11. The number of nitrogens with zero attached hydrogens (tertiary/aromatic N) is 2. The lowest BCUT2D eigenvalue weighted by atomic mass is 10.0. The molecule has 3 rings (SSSR count). The zero-order valence-electron chi connectivity index (χ0n) is 13.9. The Morgan fingerprint density at radius 2 is 2.12 bits per heavy atom. The van der Waals surface area contributed by atoms with E-state index in [0.717, 1.165) is 37.4 Å². The van der Waals surface area contributed by atoms with Crippen molar-refractivity contribution < 1.29 is 9.53 Å². The van der Waals surface area contributed by atoms with Gasteiger partial charge in [0.1, 0.15) is 12.4 Å². The summed E-state index contributed by atoms with van der Waals surface area (Å²) in [4.78, 5) is 18.7. The molecule has 1 aliphatic heterocycles. The summed E-state index contributed by atoms with van der Waals surface area (Å²) in [5.41, 5.74) is 1.58. The molecule has 1 atom stereocenters. The third-order valence-electron chi connectivity index (χ3n) is 4.33. The molecule has 5 heteroatoms. The molecule has 2 heterocycles. The summed E-state index contributed by atoms with van der Waals surface area (Å²) in [7, 11) is 1.95. The van der Waals surface area contributed by atoms with Crippen LogP contribution in [0.25, 0.3) is 0 Å². The van der Waals surface area contributed by atoms with Crippen molar-refractivity contribution in [2.75, 3.05) is 20.1 Å². The molecule has 0 unspecified atom stereocenters. The lowest BCUT2D eigenvalue weighted by molar-refractivity contribution is 0.0698. The minimum Gasteiger partial charge on any atom is -0.487 e. The van der Waals surface area contributed by atoms with E-state index in [9.17, 15) is 4.79 Å². The molecule has 0 radical (unpaired) electrons. The zero-order chi connectivity index (χ0) is 16.8. The smallest absolute Gasteiger partial charge is 0.253 e. The van der Waals surface area contributed by atoms with Crippen LogP contribution in [0.15, 0.2) is 48.7 Å². The van der Waals surface area contributed by atoms with Crippen LogP contribution in [0.2, 0.25) is 0 Å². The standard InChI is InChI=1S/C19H23N3O2/c1-20-16-6-4-12-22(13-16)19(23)15-7-9-18(10-8-15)24-14-17-5-2-3-11-21-17/h2-3,5,7-11,16,20H,4,6,12-14H2,1H3/t16-/m0/s1. The van der Waals surface area contributed by atoms with Crippen molar-refractivity contribution in [3.8, 4) is 5.75 Å². The number of piperidine rings is 1. The van der Waals surface area contributed by atoms with Gasteiger partial charge in [-0.1, -0.05) is 6.07 Å². The van der Waals surface area contributed by atoms with Gasteiger partial charge in [-0.15, -0.1) is 0 Å². The molecule has 1 N–H and O–H groups in total. The fourth-order valence-electron chi connectivity index (χ4n) is 2.91. The van der Waals surface area contributed by atoms with Crippen LogP contribution < -0.4 is 10.1 Å². The third-order valence-corrected chi connectivity index (χ3v) is 4.33. The Labute approximate surface area is 142 Å². The van der Waals surface area contributed by atoms with E-state index in [2.05, 4.69) is 10.3 Å². The minimum absolute atomic E-state index is 0.0891. The van der Waals surface area contributed by atoms with E-state index in [1.165, 1.54) is 0 Å². The van der Waals surface area contributed by atoms with E-state index in [4.69, 9.17) is 4.74 Å². The highest BCUT2D eigenvalue weighted by Gasteiger charge is 2.23. The van der Waals surface area contributed by atoms with Gasteiger partial charge >= 0.3 is 0 Å². The lowest BCUT2D eigenvalue weighted by Crippen LogP contribution is -2.46. The highest BCUT2D eigenvalue weighted by atomic mass is 16.5. The Hall–Kier alpha value is -2.40. The van der Waals surface area contributed by atoms with Crippen molar-refractivity contribution >= 4 is 5.91 Å². The molecule has 1 fully saturated rings. The SMILES string of the molecule is CN[C@H]1CCCN(C(=O)c2ccc(OCc3ccccn3)cc2)C1. The molecule has 0 saturated carbocycles. The number of carbonyl (C=O) groups is 1. The normalized spacial score (nSPS) is 17.5. The Morgan fingerprint density at radius 1 is 1.29 bits per heavy atom. The minimum atomic E-state index is 0.0891. The Bertz CT molecular complexity index is 658. The Balaban J connectivity index is 1.58. The molecule has 0 spiro atoms. The number of pyridine rings is 1. The van der Waals surface area contributed by atoms with Crippen LogP contribution in [0.1, 0.15) is 28.9 Å². The summed E-state index contributed by atoms with van der Waals surface area (Å²) >= 11 is 0. The van der Waals surface area contributed by atoms with E-state index < -0.39 is 0 Å². The second-order valence-electron chi connectivity index (χ2n) is 6.01. The molecule has 1 aliphatic rings. The molecule has 1 aromatic carbocycles. The van der Waals surface area contributed by atoms with Crippen LogP contribution >= 0.6 is 0 Å². The van der Waals surface area contributed by atoms with E-state index in [-0.39, 0.29) is 5.91 Å². The highest BCUT2D eigenvalue weighted by Crippen LogP contribution is 2.17. The molecule has 24 heavy (non-hydrogen) atoms. The van der Waals surface area contributed by atoms with Gasteiger partial charge < -0.3 is 15.0 Å². The van der Waals surface area contributed by atoms with Gasteiger partial charge in [0.15, 0.2) is 0 Å². The fraction of sp³-hybridized carbons (Fsp3) is 0.368. The first-order chi connectivity index (χ1) is 11.8. The first-order valence-electron chi connectivity index (χ1n) is 8.35. The maximum atomic E-state index is 12.6. The van der Waals surface area contributed by atoms with Crippen LogP contribution in [-0.4, -0.2) is 42.0 Å². The second kappa shape index (κ2) is 7.93. The number of aromatic nitrogens is 1. The zero-order valence-corrected chi connectivity index (χ0v) is 13.9. The van der Waals surface area contributed by atoms with Crippen LogP contribution in [0.4, 0.5) is 0 Å². The van der Waals surface area contributed by atoms with Crippen molar-refractivity contribution in [3.05, 3.63) is 59.9 Å². The van der Waals surface area contributed by atoms with Gasteiger partial charge in [0.05, 0.1) is 5.69 Å². The molecule has 1 saturated heterocycles. The Morgan fingerprint density at radius 3 is 2.83 bits per heavy atom. The number of hydrogen-bond donors (Lipinski definition) is 1. The van der Waals surface area contributed by atoms with Gasteiger partial charge in [0.2, 0.25) is 0 Å². The number of likely N-dealkylation sites (N-methyl/N-ethyl adjacent to an activating group) is 1. The Kier molecular flexibility index (Phi) is 5.43. The number of ether oxygens (including phenoxy) is 1. The highest BCUT2D eigenvalue weighted by molar-refractivity contribution is 5.94. The predicted molar refractivity (Wildman–Crippen MR) is 93.0 cm³/mol. The number of nitrogens with one attached hydrogen (secondary N) is 1. The van der Waals surface area contributed by atoms with Crippen molar-refractivity contribution in [1.82, 2.24) is 15.2 Å². The van der Waals surface area contributed by atoms with Crippen molar-refractivity contribution in [2.45, 2.75) is 25.5 Å². The number of hydrogen-bond acceptors (Lipinski definition) is 4. The van der Waals surface area contributed by atoms with Crippen LogP contribution in [-0.2, 0) is 6.61 Å². The van der Waals surface area contributed by atoms with Crippen molar-refractivity contribution in [3.63, 3.8) is 0 Å².